The maximum absolute atomic E-state index is 11.4. The van der Waals surface area contributed by atoms with E-state index in [1.54, 1.807) is 36.4 Å². The Hall–Kier alpha value is -0.490. The van der Waals surface area contributed by atoms with Gasteiger partial charge in [-0.3, -0.25) is 4.18 Å². The second kappa shape index (κ2) is 8.26. The molecule has 130 valence electrons. The highest BCUT2D eigenvalue weighted by Crippen LogP contribution is 2.35. The maximum atomic E-state index is 11.4. The van der Waals surface area contributed by atoms with E-state index in [2.05, 4.69) is 0 Å². The predicted octanol–water partition coefficient (Wildman–Crippen LogP) is 5.60. The SMILES string of the molecule is CS(=O)(=O)OC[C@@H](Cc1ccc(Cl)cc1Cl)c1c(Cl)cccc1Cl. The predicted molar refractivity (Wildman–Crippen MR) is 100 cm³/mol. The summed E-state index contributed by atoms with van der Waals surface area (Å²) in [5.74, 6) is -0.389. The van der Waals surface area contributed by atoms with Crippen LogP contribution in [0.15, 0.2) is 36.4 Å². The zero-order valence-electron chi connectivity index (χ0n) is 12.6. The molecular weight excluding hydrogens is 414 g/mol. The number of rotatable bonds is 6. The van der Waals surface area contributed by atoms with Crippen LogP contribution in [0.4, 0.5) is 0 Å². The van der Waals surface area contributed by atoms with Gasteiger partial charge in [0.25, 0.3) is 10.1 Å². The molecule has 0 bridgehead atoms. The van der Waals surface area contributed by atoms with E-state index in [0.717, 1.165) is 11.8 Å². The molecule has 2 aromatic rings. The van der Waals surface area contributed by atoms with Gasteiger partial charge in [0.05, 0.1) is 12.9 Å². The van der Waals surface area contributed by atoms with Crippen molar-refractivity contribution in [3.63, 3.8) is 0 Å². The van der Waals surface area contributed by atoms with Gasteiger partial charge in [-0.2, -0.15) is 8.42 Å². The van der Waals surface area contributed by atoms with Crippen molar-refractivity contribution in [2.45, 2.75) is 12.3 Å². The van der Waals surface area contributed by atoms with Crippen LogP contribution in [0.2, 0.25) is 20.1 Å². The minimum absolute atomic E-state index is 0.0960. The van der Waals surface area contributed by atoms with Gasteiger partial charge in [0.2, 0.25) is 0 Å². The molecule has 0 radical (unpaired) electrons. The first-order valence-electron chi connectivity index (χ1n) is 6.89. The van der Waals surface area contributed by atoms with Gasteiger partial charge in [-0.05, 0) is 41.8 Å². The van der Waals surface area contributed by atoms with E-state index < -0.39 is 10.1 Å². The molecule has 0 saturated carbocycles. The zero-order valence-corrected chi connectivity index (χ0v) is 16.4. The lowest BCUT2D eigenvalue weighted by Gasteiger charge is -2.20. The summed E-state index contributed by atoms with van der Waals surface area (Å²) in [6, 6.07) is 10.2. The number of halogens is 4. The molecule has 0 heterocycles. The van der Waals surface area contributed by atoms with E-state index in [0.29, 0.717) is 32.1 Å². The minimum Gasteiger partial charge on any atom is -0.270 e. The van der Waals surface area contributed by atoms with Crippen molar-refractivity contribution >= 4 is 56.5 Å². The Bertz CT molecular complexity index is 817. The first-order chi connectivity index (χ1) is 11.2. The molecule has 0 spiro atoms. The molecule has 0 aliphatic rings. The molecule has 0 aromatic heterocycles. The molecule has 3 nitrogen and oxygen atoms in total. The number of benzene rings is 2. The molecule has 0 amide bonds. The van der Waals surface area contributed by atoms with Crippen LogP contribution >= 0.6 is 46.4 Å². The van der Waals surface area contributed by atoms with E-state index in [4.69, 9.17) is 50.6 Å². The highest BCUT2D eigenvalue weighted by Gasteiger charge is 2.22. The Morgan fingerprint density at radius 3 is 2.17 bits per heavy atom. The average Bonchev–Trinajstić information content (AvgIpc) is 2.46. The third kappa shape index (κ3) is 5.51. The quantitative estimate of drug-likeness (QED) is 0.563. The largest absolute Gasteiger partial charge is 0.270 e. The van der Waals surface area contributed by atoms with Crippen molar-refractivity contribution in [1.29, 1.82) is 0 Å². The van der Waals surface area contributed by atoms with Crippen LogP contribution in [-0.4, -0.2) is 21.3 Å². The Kier molecular flexibility index (Phi) is 6.82. The van der Waals surface area contributed by atoms with Crippen molar-refractivity contribution in [2.75, 3.05) is 12.9 Å². The number of hydrogen-bond donors (Lipinski definition) is 0. The van der Waals surface area contributed by atoms with Gasteiger partial charge in [0.15, 0.2) is 0 Å². The third-order valence-corrected chi connectivity index (χ3v) is 5.18. The Labute approximate surface area is 161 Å². The standard InChI is InChI=1S/C16H14Cl4O3S/c1-24(21,22)23-9-11(16-13(18)3-2-4-14(16)19)7-10-5-6-12(17)8-15(10)20/h2-6,8,11H,7,9H2,1H3/t11-/m1/s1. The second-order valence-electron chi connectivity index (χ2n) is 5.26. The molecule has 8 heteroatoms. The highest BCUT2D eigenvalue weighted by molar-refractivity contribution is 7.85. The van der Waals surface area contributed by atoms with Gasteiger partial charge in [0.1, 0.15) is 0 Å². The summed E-state index contributed by atoms with van der Waals surface area (Å²) in [6.07, 6.45) is 1.39. The monoisotopic (exact) mass is 426 g/mol. The fourth-order valence-electron chi connectivity index (χ4n) is 2.30. The molecule has 0 aliphatic carbocycles. The summed E-state index contributed by atoms with van der Waals surface area (Å²) in [4.78, 5) is 0. The topological polar surface area (TPSA) is 43.4 Å². The van der Waals surface area contributed by atoms with Gasteiger partial charge in [0, 0.05) is 26.0 Å². The summed E-state index contributed by atoms with van der Waals surface area (Å²) in [5.41, 5.74) is 1.41. The molecular formula is C16H14Cl4O3S. The molecule has 0 unspecified atom stereocenters. The van der Waals surface area contributed by atoms with E-state index >= 15 is 0 Å². The van der Waals surface area contributed by atoms with Crippen LogP contribution in [0.25, 0.3) is 0 Å². The molecule has 2 rings (SSSR count). The fourth-order valence-corrected chi connectivity index (χ4v) is 3.91. The molecule has 0 aliphatic heterocycles. The average molecular weight is 428 g/mol. The van der Waals surface area contributed by atoms with Gasteiger partial charge in [-0.15, -0.1) is 0 Å². The Morgan fingerprint density at radius 2 is 1.62 bits per heavy atom. The Morgan fingerprint density at radius 1 is 1.00 bits per heavy atom. The maximum Gasteiger partial charge on any atom is 0.264 e. The summed E-state index contributed by atoms with van der Waals surface area (Å²) < 4.78 is 27.7. The Balaban J connectivity index is 2.39. The van der Waals surface area contributed by atoms with Crippen LogP contribution in [0.1, 0.15) is 17.0 Å². The van der Waals surface area contributed by atoms with Crippen LogP contribution < -0.4 is 0 Å². The number of hydrogen-bond acceptors (Lipinski definition) is 3. The van der Waals surface area contributed by atoms with Gasteiger partial charge in [-0.1, -0.05) is 58.5 Å². The van der Waals surface area contributed by atoms with Crippen molar-refractivity contribution in [3.05, 3.63) is 67.6 Å². The summed E-state index contributed by atoms with van der Waals surface area (Å²) in [5, 5.41) is 1.88. The van der Waals surface area contributed by atoms with Crippen LogP contribution in [0, 0.1) is 0 Å². The minimum atomic E-state index is -3.60. The summed E-state index contributed by atoms with van der Waals surface area (Å²) in [6.45, 7) is -0.0960. The van der Waals surface area contributed by atoms with Gasteiger partial charge < -0.3 is 0 Å². The molecule has 0 N–H and O–H groups in total. The molecule has 1 atom stereocenters. The molecule has 0 saturated heterocycles. The van der Waals surface area contributed by atoms with E-state index in [9.17, 15) is 8.42 Å². The lowest BCUT2D eigenvalue weighted by molar-refractivity contribution is 0.293. The first-order valence-corrected chi connectivity index (χ1v) is 10.2. The van der Waals surface area contributed by atoms with Gasteiger partial charge in [-0.25, -0.2) is 0 Å². The summed E-state index contributed by atoms with van der Waals surface area (Å²) in [7, 11) is -3.60. The van der Waals surface area contributed by atoms with Crippen molar-refractivity contribution < 1.29 is 12.6 Å². The van der Waals surface area contributed by atoms with Crippen molar-refractivity contribution in [1.82, 2.24) is 0 Å². The zero-order chi connectivity index (χ0) is 17.9. The first kappa shape index (κ1) is 19.8. The third-order valence-electron chi connectivity index (χ3n) is 3.37. The van der Waals surface area contributed by atoms with Crippen LogP contribution in [0.3, 0.4) is 0 Å². The lowest BCUT2D eigenvalue weighted by Crippen LogP contribution is -2.15. The van der Waals surface area contributed by atoms with Crippen LogP contribution in [0.5, 0.6) is 0 Å². The van der Waals surface area contributed by atoms with E-state index in [1.165, 1.54) is 0 Å². The second-order valence-corrected chi connectivity index (χ2v) is 8.56. The highest BCUT2D eigenvalue weighted by atomic mass is 35.5. The van der Waals surface area contributed by atoms with Gasteiger partial charge >= 0.3 is 0 Å². The molecule has 24 heavy (non-hydrogen) atoms. The normalized spacial score (nSPS) is 13.0. The van der Waals surface area contributed by atoms with Crippen molar-refractivity contribution in [2.24, 2.45) is 0 Å². The van der Waals surface area contributed by atoms with Crippen molar-refractivity contribution in [3.8, 4) is 0 Å². The molecule has 0 fully saturated rings. The van der Waals surface area contributed by atoms with Crippen LogP contribution in [-0.2, 0) is 20.7 Å². The lowest BCUT2D eigenvalue weighted by atomic mass is 9.92. The summed E-state index contributed by atoms with van der Waals surface area (Å²) >= 11 is 24.7. The van der Waals surface area contributed by atoms with E-state index in [-0.39, 0.29) is 12.5 Å². The fraction of sp³-hybridized carbons (Fsp3) is 0.250. The molecule has 2 aromatic carbocycles. The smallest absolute Gasteiger partial charge is 0.264 e. The van der Waals surface area contributed by atoms with E-state index in [1.807, 2.05) is 0 Å².